The van der Waals surface area contributed by atoms with E-state index in [4.69, 9.17) is 39.5 Å². The fourth-order valence-electron chi connectivity index (χ4n) is 2.59. The molecule has 1 atom stereocenters. The number of ether oxygens (including phenoxy) is 1. The molecular formula is C19H21Cl3N2O4S. The summed E-state index contributed by atoms with van der Waals surface area (Å²) in [5.74, 6) is 0.100. The van der Waals surface area contributed by atoms with Crippen LogP contribution in [-0.2, 0) is 14.8 Å². The van der Waals surface area contributed by atoms with Gasteiger partial charge in [-0.2, -0.15) is 0 Å². The first-order valence-corrected chi connectivity index (χ1v) is 11.6. The Morgan fingerprint density at radius 1 is 1.10 bits per heavy atom. The van der Waals surface area contributed by atoms with Crippen molar-refractivity contribution in [1.29, 1.82) is 0 Å². The fraction of sp³-hybridized carbons (Fsp3) is 0.316. The lowest BCUT2D eigenvalue weighted by molar-refractivity contribution is -0.121. The normalized spacial score (nSPS) is 12.3. The molecule has 0 radical (unpaired) electrons. The number of hydrogen-bond donors (Lipinski definition) is 1. The van der Waals surface area contributed by atoms with Gasteiger partial charge in [0.2, 0.25) is 15.9 Å². The highest BCUT2D eigenvalue weighted by atomic mass is 35.5. The SMILES string of the molecule is Cc1ccc(OCCNC(=O)[C@@H](C)N(c2ccc(Cl)c(Cl)c2)S(C)(=O)=O)cc1Cl. The van der Waals surface area contributed by atoms with Crippen molar-refractivity contribution in [3.05, 3.63) is 57.0 Å². The van der Waals surface area contributed by atoms with E-state index in [2.05, 4.69) is 5.32 Å². The van der Waals surface area contributed by atoms with E-state index in [-0.39, 0.29) is 28.9 Å². The first kappa shape index (κ1) is 23.6. The number of carbonyl (C=O) groups excluding carboxylic acids is 1. The van der Waals surface area contributed by atoms with Crippen LogP contribution in [0.1, 0.15) is 12.5 Å². The van der Waals surface area contributed by atoms with E-state index in [1.54, 1.807) is 12.1 Å². The van der Waals surface area contributed by atoms with Gasteiger partial charge in [0.05, 0.1) is 28.5 Å². The Hall–Kier alpha value is -1.67. The molecule has 0 aliphatic heterocycles. The lowest BCUT2D eigenvalue weighted by Crippen LogP contribution is -2.48. The molecule has 6 nitrogen and oxygen atoms in total. The highest BCUT2D eigenvalue weighted by Crippen LogP contribution is 2.29. The van der Waals surface area contributed by atoms with Gasteiger partial charge in [0, 0.05) is 5.02 Å². The van der Waals surface area contributed by atoms with Crippen LogP contribution in [0.25, 0.3) is 0 Å². The van der Waals surface area contributed by atoms with Crippen LogP contribution in [0.15, 0.2) is 36.4 Å². The summed E-state index contributed by atoms with van der Waals surface area (Å²) in [4.78, 5) is 12.5. The minimum atomic E-state index is -3.75. The number of aryl methyl sites for hydroxylation is 1. The van der Waals surface area contributed by atoms with Crippen LogP contribution in [0, 0.1) is 6.92 Å². The first-order valence-electron chi connectivity index (χ1n) is 8.62. The first-order chi connectivity index (χ1) is 13.5. The molecule has 2 aromatic rings. The number of rotatable bonds is 8. The molecule has 0 fully saturated rings. The molecule has 0 heterocycles. The van der Waals surface area contributed by atoms with Crippen LogP contribution in [0.2, 0.25) is 15.1 Å². The van der Waals surface area contributed by atoms with Gasteiger partial charge in [-0.25, -0.2) is 8.42 Å². The Morgan fingerprint density at radius 3 is 2.38 bits per heavy atom. The second kappa shape index (κ2) is 9.89. The molecule has 0 bridgehead atoms. The van der Waals surface area contributed by atoms with Gasteiger partial charge in [-0.3, -0.25) is 9.10 Å². The predicted molar refractivity (Wildman–Crippen MR) is 118 cm³/mol. The summed E-state index contributed by atoms with van der Waals surface area (Å²) in [6, 6.07) is 8.67. The monoisotopic (exact) mass is 478 g/mol. The molecule has 1 N–H and O–H groups in total. The van der Waals surface area contributed by atoms with Crippen molar-refractivity contribution in [3.63, 3.8) is 0 Å². The average molecular weight is 480 g/mol. The maximum absolute atomic E-state index is 12.5. The summed E-state index contributed by atoms with van der Waals surface area (Å²) >= 11 is 17.9. The molecule has 0 aromatic heterocycles. The third kappa shape index (κ3) is 6.40. The largest absolute Gasteiger partial charge is 0.492 e. The molecule has 10 heteroatoms. The quantitative estimate of drug-likeness (QED) is 0.573. The summed E-state index contributed by atoms with van der Waals surface area (Å²) in [5, 5.41) is 3.73. The van der Waals surface area contributed by atoms with Gasteiger partial charge in [-0.15, -0.1) is 0 Å². The van der Waals surface area contributed by atoms with Gasteiger partial charge in [-0.1, -0.05) is 40.9 Å². The maximum atomic E-state index is 12.5. The summed E-state index contributed by atoms with van der Waals surface area (Å²) in [5.41, 5.74) is 1.18. The Morgan fingerprint density at radius 2 is 1.79 bits per heavy atom. The lowest BCUT2D eigenvalue weighted by Gasteiger charge is -2.28. The van der Waals surface area contributed by atoms with Crippen LogP contribution in [0.4, 0.5) is 5.69 Å². The molecule has 2 rings (SSSR count). The zero-order chi connectivity index (χ0) is 21.8. The molecule has 29 heavy (non-hydrogen) atoms. The third-order valence-electron chi connectivity index (χ3n) is 4.06. The van der Waals surface area contributed by atoms with Crippen LogP contribution in [-0.4, -0.2) is 39.8 Å². The predicted octanol–water partition coefficient (Wildman–Crippen LogP) is 4.30. The molecule has 2 aromatic carbocycles. The second-order valence-corrected chi connectivity index (χ2v) is 9.46. The summed E-state index contributed by atoms with van der Waals surface area (Å²) in [6.07, 6.45) is 1.02. The van der Waals surface area contributed by atoms with E-state index >= 15 is 0 Å². The van der Waals surface area contributed by atoms with E-state index in [0.717, 1.165) is 16.1 Å². The number of amides is 1. The number of sulfonamides is 1. The average Bonchev–Trinajstić information content (AvgIpc) is 2.63. The fourth-order valence-corrected chi connectivity index (χ4v) is 4.21. The number of hydrogen-bond acceptors (Lipinski definition) is 4. The van der Waals surface area contributed by atoms with Gasteiger partial charge in [0.25, 0.3) is 0 Å². The number of anilines is 1. The number of nitrogens with one attached hydrogen (secondary N) is 1. The molecule has 0 saturated heterocycles. The van der Waals surface area contributed by atoms with Crippen LogP contribution in [0.5, 0.6) is 5.75 Å². The van der Waals surface area contributed by atoms with Crippen molar-refractivity contribution in [1.82, 2.24) is 5.32 Å². The molecule has 0 unspecified atom stereocenters. The summed E-state index contributed by atoms with van der Waals surface area (Å²) < 4.78 is 31.1. The van der Waals surface area contributed by atoms with Crippen molar-refractivity contribution >= 4 is 56.4 Å². The Bertz CT molecular complexity index is 999. The minimum Gasteiger partial charge on any atom is -0.492 e. The summed E-state index contributed by atoms with van der Waals surface area (Å²) in [6.45, 7) is 3.76. The van der Waals surface area contributed by atoms with Crippen molar-refractivity contribution in [3.8, 4) is 5.75 Å². The standard InChI is InChI=1S/C19H21Cl3N2O4S/c1-12-4-6-15(11-17(12)21)28-9-8-23-19(25)13(2)24(29(3,26)27)14-5-7-16(20)18(22)10-14/h4-7,10-11,13H,8-9H2,1-3H3,(H,23,25)/t13-/m1/s1. The zero-order valence-corrected chi connectivity index (χ0v) is 19.2. The van der Waals surface area contributed by atoms with E-state index < -0.39 is 22.0 Å². The van der Waals surface area contributed by atoms with Gasteiger partial charge >= 0.3 is 0 Å². The van der Waals surface area contributed by atoms with E-state index in [0.29, 0.717) is 10.8 Å². The van der Waals surface area contributed by atoms with E-state index in [1.807, 2.05) is 13.0 Å². The lowest BCUT2D eigenvalue weighted by atomic mass is 10.2. The smallest absolute Gasteiger partial charge is 0.243 e. The van der Waals surface area contributed by atoms with Crippen LogP contribution in [0.3, 0.4) is 0 Å². The molecule has 158 valence electrons. The molecule has 0 spiro atoms. The molecule has 0 saturated carbocycles. The van der Waals surface area contributed by atoms with Gasteiger partial charge < -0.3 is 10.1 Å². The highest BCUT2D eigenvalue weighted by Gasteiger charge is 2.29. The van der Waals surface area contributed by atoms with Crippen molar-refractivity contribution in [2.24, 2.45) is 0 Å². The third-order valence-corrected chi connectivity index (χ3v) is 6.45. The van der Waals surface area contributed by atoms with Crippen molar-refractivity contribution in [2.45, 2.75) is 19.9 Å². The maximum Gasteiger partial charge on any atom is 0.243 e. The van der Waals surface area contributed by atoms with Gasteiger partial charge in [0.15, 0.2) is 0 Å². The molecule has 0 aliphatic rings. The number of benzene rings is 2. The van der Waals surface area contributed by atoms with Gasteiger partial charge in [-0.05, 0) is 49.7 Å². The molecule has 1 amide bonds. The highest BCUT2D eigenvalue weighted by molar-refractivity contribution is 7.92. The number of halogens is 3. The number of nitrogens with zero attached hydrogens (tertiary/aromatic N) is 1. The van der Waals surface area contributed by atoms with Crippen LogP contribution >= 0.6 is 34.8 Å². The van der Waals surface area contributed by atoms with E-state index in [1.165, 1.54) is 25.1 Å². The van der Waals surface area contributed by atoms with Gasteiger partial charge in [0.1, 0.15) is 18.4 Å². The van der Waals surface area contributed by atoms with Crippen LogP contribution < -0.4 is 14.4 Å². The second-order valence-electron chi connectivity index (χ2n) is 6.38. The number of carbonyl (C=O) groups is 1. The summed E-state index contributed by atoms with van der Waals surface area (Å²) in [7, 11) is -3.75. The Labute approximate surface area is 185 Å². The Kier molecular flexibility index (Phi) is 8.05. The minimum absolute atomic E-state index is 0.188. The zero-order valence-electron chi connectivity index (χ0n) is 16.1. The van der Waals surface area contributed by atoms with Crippen molar-refractivity contribution < 1.29 is 17.9 Å². The van der Waals surface area contributed by atoms with Crippen molar-refractivity contribution in [2.75, 3.05) is 23.7 Å². The Balaban J connectivity index is 2.01. The molecular weight excluding hydrogens is 459 g/mol. The molecule has 0 aliphatic carbocycles. The topological polar surface area (TPSA) is 75.7 Å². The van der Waals surface area contributed by atoms with E-state index in [9.17, 15) is 13.2 Å².